The van der Waals surface area contributed by atoms with Crippen LogP contribution >= 0.6 is 24.0 Å². The molecule has 5 heteroatoms. The minimum atomic E-state index is 0. The van der Waals surface area contributed by atoms with Gasteiger partial charge < -0.3 is 10.6 Å². The molecule has 22 heavy (non-hydrogen) atoms. The number of hydrogen-bond donors (Lipinski definition) is 2. The van der Waals surface area contributed by atoms with Gasteiger partial charge in [0.25, 0.3) is 0 Å². The van der Waals surface area contributed by atoms with Crippen molar-refractivity contribution in [1.29, 1.82) is 0 Å². The lowest BCUT2D eigenvalue weighted by atomic mass is 9.96. The Kier molecular flexibility index (Phi) is 9.71. The molecule has 0 spiro atoms. The van der Waals surface area contributed by atoms with Gasteiger partial charge >= 0.3 is 0 Å². The summed E-state index contributed by atoms with van der Waals surface area (Å²) in [5.74, 6) is 1.75. The van der Waals surface area contributed by atoms with E-state index < -0.39 is 0 Å². The summed E-state index contributed by atoms with van der Waals surface area (Å²) in [6.45, 7) is 8.14. The normalized spacial score (nSPS) is 24.4. The first-order valence-electron chi connectivity index (χ1n) is 8.90. The second-order valence-corrected chi connectivity index (χ2v) is 7.12. The Bertz CT molecular complexity index is 327. The van der Waals surface area contributed by atoms with E-state index in [2.05, 4.69) is 34.4 Å². The molecule has 2 fully saturated rings. The molecule has 0 unspecified atom stereocenters. The van der Waals surface area contributed by atoms with Gasteiger partial charge in [-0.15, -0.1) is 24.0 Å². The average Bonchev–Trinajstić information content (AvgIpc) is 2.91. The third kappa shape index (κ3) is 6.60. The number of nitrogens with one attached hydrogen (secondary N) is 2. The van der Waals surface area contributed by atoms with Gasteiger partial charge in [0.15, 0.2) is 5.96 Å². The number of likely N-dealkylation sites (tertiary alicyclic amines) is 1. The van der Waals surface area contributed by atoms with Gasteiger partial charge in [-0.1, -0.05) is 33.1 Å². The lowest BCUT2D eigenvalue weighted by molar-refractivity contribution is 0.226. The summed E-state index contributed by atoms with van der Waals surface area (Å²) in [7, 11) is 1.89. The molecule has 0 bridgehead atoms. The third-order valence-corrected chi connectivity index (χ3v) is 4.77. The number of guanidine groups is 1. The Morgan fingerprint density at radius 3 is 2.50 bits per heavy atom. The van der Waals surface area contributed by atoms with Crippen molar-refractivity contribution in [1.82, 2.24) is 15.5 Å². The highest BCUT2D eigenvalue weighted by Crippen LogP contribution is 2.19. The topological polar surface area (TPSA) is 39.7 Å². The van der Waals surface area contributed by atoms with Crippen LogP contribution in [0.25, 0.3) is 0 Å². The molecule has 2 rings (SSSR count). The van der Waals surface area contributed by atoms with Crippen LogP contribution in [0.2, 0.25) is 0 Å². The first kappa shape index (κ1) is 20.0. The largest absolute Gasteiger partial charge is 0.355 e. The SMILES string of the molecule is CN=C(NC[C@H]1CCCN1CC(C)C)NC1CCCCC1.I. The molecule has 1 aliphatic carbocycles. The molecule has 0 aromatic carbocycles. The smallest absolute Gasteiger partial charge is 0.191 e. The van der Waals surface area contributed by atoms with Gasteiger partial charge in [-0.05, 0) is 38.1 Å². The zero-order valence-electron chi connectivity index (χ0n) is 14.6. The average molecular weight is 422 g/mol. The summed E-state index contributed by atoms with van der Waals surface area (Å²) in [4.78, 5) is 7.05. The van der Waals surface area contributed by atoms with Crippen molar-refractivity contribution in [2.45, 2.75) is 70.9 Å². The summed E-state index contributed by atoms with van der Waals surface area (Å²) >= 11 is 0. The number of halogens is 1. The predicted octanol–water partition coefficient (Wildman–Crippen LogP) is 3.22. The first-order chi connectivity index (χ1) is 10.2. The van der Waals surface area contributed by atoms with Crippen LogP contribution in [-0.2, 0) is 0 Å². The van der Waals surface area contributed by atoms with Crippen molar-refractivity contribution < 1.29 is 0 Å². The predicted molar refractivity (Wildman–Crippen MR) is 106 cm³/mol. The fraction of sp³-hybridized carbons (Fsp3) is 0.941. The minimum absolute atomic E-state index is 0. The van der Waals surface area contributed by atoms with E-state index in [1.807, 2.05) is 7.05 Å². The molecule has 130 valence electrons. The zero-order chi connectivity index (χ0) is 15.1. The number of rotatable bonds is 5. The molecular formula is C17H35IN4. The number of nitrogens with zero attached hydrogens (tertiary/aromatic N) is 2. The van der Waals surface area contributed by atoms with Gasteiger partial charge in [0.2, 0.25) is 0 Å². The van der Waals surface area contributed by atoms with E-state index in [1.54, 1.807) is 0 Å². The second kappa shape index (κ2) is 10.7. The Labute approximate surface area is 153 Å². The summed E-state index contributed by atoms with van der Waals surface area (Å²) in [5, 5.41) is 7.16. The molecule has 0 radical (unpaired) electrons. The molecular weight excluding hydrogens is 387 g/mol. The Morgan fingerprint density at radius 1 is 1.14 bits per heavy atom. The molecule has 1 heterocycles. The van der Waals surface area contributed by atoms with Gasteiger partial charge in [-0.3, -0.25) is 9.89 Å². The molecule has 1 atom stereocenters. The molecule has 4 nitrogen and oxygen atoms in total. The highest BCUT2D eigenvalue weighted by Gasteiger charge is 2.25. The van der Waals surface area contributed by atoms with Crippen molar-refractivity contribution in [2.24, 2.45) is 10.9 Å². The van der Waals surface area contributed by atoms with Gasteiger partial charge in [-0.25, -0.2) is 0 Å². The monoisotopic (exact) mass is 422 g/mol. The number of hydrogen-bond acceptors (Lipinski definition) is 2. The summed E-state index contributed by atoms with van der Waals surface area (Å²) in [6.07, 6.45) is 9.37. The van der Waals surface area contributed by atoms with E-state index in [-0.39, 0.29) is 24.0 Å². The first-order valence-corrected chi connectivity index (χ1v) is 8.90. The van der Waals surface area contributed by atoms with Crippen molar-refractivity contribution in [3.8, 4) is 0 Å². The van der Waals surface area contributed by atoms with Crippen LogP contribution in [0.15, 0.2) is 4.99 Å². The van der Waals surface area contributed by atoms with E-state index in [9.17, 15) is 0 Å². The molecule has 1 saturated heterocycles. The highest BCUT2D eigenvalue weighted by atomic mass is 127. The third-order valence-electron chi connectivity index (χ3n) is 4.77. The second-order valence-electron chi connectivity index (χ2n) is 7.12. The lowest BCUT2D eigenvalue weighted by Gasteiger charge is -2.28. The van der Waals surface area contributed by atoms with E-state index in [4.69, 9.17) is 0 Å². The summed E-state index contributed by atoms with van der Waals surface area (Å²) < 4.78 is 0. The minimum Gasteiger partial charge on any atom is -0.355 e. The molecule has 2 N–H and O–H groups in total. The van der Waals surface area contributed by atoms with Gasteiger partial charge in [0, 0.05) is 32.2 Å². The Hall–Kier alpha value is -0.0400. The molecule has 2 aliphatic rings. The lowest BCUT2D eigenvalue weighted by Crippen LogP contribution is -2.48. The summed E-state index contributed by atoms with van der Waals surface area (Å²) in [5.41, 5.74) is 0. The number of aliphatic imine (C=N–C) groups is 1. The van der Waals surface area contributed by atoms with Gasteiger partial charge in [-0.2, -0.15) is 0 Å². The van der Waals surface area contributed by atoms with Crippen LogP contribution < -0.4 is 10.6 Å². The van der Waals surface area contributed by atoms with Crippen LogP contribution in [-0.4, -0.2) is 49.6 Å². The maximum Gasteiger partial charge on any atom is 0.191 e. The van der Waals surface area contributed by atoms with Gasteiger partial charge in [0.05, 0.1) is 0 Å². The van der Waals surface area contributed by atoms with Crippen molar-refractivity contribution in [2.75, 3.05) is 26.7 Å². The maximum absolute atomic E-state index is 4.40. The molecule has 1 aliphatic heterocycles. The molecule has 1 saturated carbocycles. The fourth-order valence-corrected chi connectivity index (χ4v) is 3.69. The van der Waals surface area contributed by atoms with E-state index in [1.165, 1.54) is 58.0 Å². The zero-order valence-corrected chi connectivity index (χ0v) is 16.9. The quantitative estimate of drug-likeness (QED) is 0.406. The molecule has 0 aromatic heterocycles. The van der Waals surface area contributed by atoms with Crippen LogP contribution in [0.4, 0.5) is 0 Å². The van der Waals surface area contributed by atoms with Crippen molar-refractivity contribution >= 4 is 29.9 Å². The standard InChI is InChI=1S/C17H34N4.HI/c1-14(2)13-21-11-7-10-16(21)12-19-17(18-3)20-15-8-5-4-6-9-15;/h14-16H,4-13H2,1-3H3,(H2,18,19,20);1H/t16-;/m1./s1. The van der Waals surface area contributed by atoms with Crippen molar-refractivity contribution in [3.63, 3.8) is 0 Å². The van der Waals surface area contributed by atoms with Crippen LogP contribution in [0.5, 0.6) is 0 Å². The Balaban J connectivity index is 0.00000242. The fourth-order valence-electron chi connectivity index (χ4n) is 3.69. The molecule has 0 aromatic rings. The van der Waals surface area contributed by atoms with Crippen LogP contribution in [0.3, 0.4) is 0 Å². The summed E-state index contributed by atoms with van der Waals surface area (Å²) in [6, 6.07) is 1.30. The van der Waals surface area contributed by atoms with Crippen molar-refractivity contribution in [3.05, 3.63) is 0 Å². The highest BCUT2D eigenvalue weighted by molar-refractivity contribution is 14.0. The van der Waals surface area contributed by atoms with E-state index >= 15 is 0 Å². The van der Waals surface area contributed by atoms with Crippen LogP contribution in [0.1, 0.15) is 58.8 Å². The van der Waals surface area contributed by atoms with Crippen LogP contribution in [0, 0.1) is 5.92 Å². The molecule has 0 amide bonds. The van der Waals surface area contributed by atoms with Gasteiger partial charge in [0.1, 0.15) is 0 Å². The maximum atomic E-state index is 4.40. The van der Waals surface area contributed by atoms with E-state index in [0.29, 0.717) is 12.1 Å². The van der Waals surface area contributed by atoms with E-state index in [0.717, 1.165) is 18.4 Å². The Morgan fingerprint density at radius 2 is 1.86 bits per heavy atom.